The van der Waals surface area contributed by atoms with E-state index in [-0.39, 0.29) is 5.91 Å². The number of anilines is 1. The summed E-state index contributed by atoms with van der Waals surface area (Å²) < 4.78 is 0. The van der Waals surface area contributed by atoms with Crippen molar-refractivity contribution in [3.8, 4) is 11.1 Å². The lowest BCUT2D eigenvalue weighted by Gasteiger charge is -2.08. The number of aromatic nitrogens is 2. The number of hydrogen-bond acceptors (Lipinski definition) is 5. The molecule has 1 N–H and O–H groups in total. The van der Waals surface area contributed by atoms with E-state index in [1.54, 1.807) is 17.7 Å². The van der Waals surface area contributed by atoms with Gasteiger partial charge in [-0.05, 0) is 24.1 Å². The average Bonchev–Trinajstić information content (AvgIpc) is 3.14. The fourth-order valence-corrected chi connectivity index (χ4v) is 4.61. The van der Waals surface area contributed by atoms with Crippen molar-refractivity contribution in [2.45, 2.75) is 11.9 Å². The lowest BCUT2D eigenvalue weighted by molar-refractivity contribution is -0.113. The number of rotatable bonds is 5. The molecule has 0 atom stereocenters. The van der Waals surface area contributed by atoms with Crippen LogP contribution in [0.2, 0.25) is 0 Å². The maximum Gasteiger partial charge on any atom is 0.234 e. The summed E-state index contributed by atoms with van der Waals surface area (Å²) in [6, 6.07) is 18.0. The van der Waals surface area contributed by atoms with Crippen molar-refractivity contribution >= 4 is 44.9 Å². The van der Waals surface area contributed by atoms with Gasteiger partial charge in [0.2, 0.25) is 5.91 Å². The van der Waals surface area contributed by atoms with Gasteiger partial charge in [-0.25, -0.2) is 9.97 Å². The summed E-state index contributed by atoms with van der Waals surface area (Å²) in [6.07, 6.45) is 1.56. The van der Waals surface area contributed by atoms with Gasteiger partial charge >= 0.3 is 0 Å². The largest absolute Gasteiger partial charge is 0.325 e. The van der Waals surface area contributed by atoms with Crippen molar-refractivity contribution < 1.29 is 4.79 Å². The van der Waals surface area contributed by atoms with Crippen molar-refractivity contribution in [1.82, 2.24) is 9.97 Å². The second-order valence-electron chi connectivity index (χ2n) is 6.03. The van der Waals surface area contributed by atoms with Crippen LogP contribution in [-0.4, -0.2) is 21.6 Å². The van der Waals surface area contributed by atoms with Crippen molar-refractivity contribution in [1.29, 1.82) is 0 Å². The minimum atomic E-state index is -0.0439. The van der Waals surface area contributed by atoms with E-state index in [9.17, 15) is 4.79 Å². The van der Waals surface area contributed by atoms with E-state index < -0.39 is 0 Å². The quantitative estimate of drug-likeness (QED) is 0.366. The molecule has 0 saturated carbocycles. The molecule has 0 aliphatic rings. The van der Waals surface area contributed by atoms with E-state index in [0.29, 0.717) is 5.75 Å². The van der Waals surface area contributed by atoms with Gasteiger partial charge < -0.3 is 5.32 Å². The van der Waals surface area contributed by atoms with Gasteiger partial charge in [0.25, 0.3) is 0 Å². The monoisotopic (exact) mass is 391 g/mol. The maximum atomic E-state index is 12.4. The van der Waals surface area contributed by atoms with Crippen LogP contribution >= 0.6 is 23.1 Å². The molecule has 134 valence electrons. The summed E-state index contributed by atoms with van der Waals surface area (Å²) >= 11 is 3.04. The number of benzene rings is 2. The zero-order chi connectivity index (χ0) is 18.6. The van der Waals surface area contributed by atoms with Crippen LogP contribution < -0.4 is 5.32 Å². The highest BCUT2D eigenvalue weighted by atomic mass is 32.2. The summed E-state index contributed by atoms with van der Waals surface area (Å²) in [4.78, 5) is 22.2. The van der Waals surface area contributed by atoms with Gasteiger partial charge in [0.15, 0.2) is 0 Å². The number of carbonyl (C=O) groups is 1. The standard InChI is InChI=1S/C21H17N3OS2/c1-14-7-5-6-10-17(14)24-18(25)12-27-21-19-16(15-8-3-2-4-9-15)11-26-20(19)22-13-23-21/h2-11,13H,12H2,1H3,(H,24,25). The number of thiophene rings is 1. The van der Waals surface area contributed by atoms with E-state index in [1.807, 2.05) is 49.4 Å². The smallest absolute Gasteiger partial charge is 0.234 e. The molecule has 0 unspecified atom stereocenters. The third-order valence-electron chi connectivity index (χ3n) is 4.18. The fraction of sp³-hybridized carbons (Fsp3) is 0.0952. The van der Waals surface area contributed by atoms with Crippen LogP contribution in [0.15, 0.2) is 71.3 Å². The number of aryl methyl sites for hydroxylation is 1. The van der Waals surface area contributed by atoms with Crippen LogP contribution in [-0.2, 0) is 4.79 Å². The highest BCUT2D eigenvalue weighted by Crippen LogP contribution is 2.37. The Kier molecular flexibility index (Phi) is 5.18. The maximum absolute atomic E-state index is 12.4. The number of nitrogens with one attached hydrogen (secondary N) is 1. The first-order valence-corrected chi connectivity index (χ1v) is 10.3. The number of thioether (sulfide) groups is 1. The molecule has 2 heterocycles. The van der Waals surface area contributed by atoms with E-state index in [2.05, 4.69) is 32.8 Å². The molecule has 2 aromatic heterocycles. The summed E-state index contributed by atoms with van der Waals surface area (Å²) in [7, 11) is 0. The molecule has 0 spiro atoms. The highest BCUT2D eigenvalue weighted by molar-refractivity contribution is 8.00. The number of hydrogen-bond donors (Lipinski definition) is 1. The van der Waals surface area contributed by atoms with Crippen LogP contribution in [0.5, 0.6) is 0 Å². The SMILES string of the molecule is Cc1ccccc1NC(=O)CSc1ncnc2scc(-c3ccccc3)c12. The minimum Gasteiger partial charge on any atom is -0.325 e. The van der Waals surface area contributed by atoms with Gasteiger partial charge in [0.05, 0.1) is 11.1 Å². The molecule has 6 heteroatoms. The molecule has 0 aliphatic heterocycles. The minimum absolute atomic E-state index is 0.0439. The number of fused-ring (bicyclic) bond motifs is 1. The van der Waals surface area contributed by atoms with E-state index in [0.717, 1.165) is 37.6 Å². The van der Waals surface area contributed by atoms with Crippen LogP contribution in [0.25, 0.3) is 21.3 Å². The molecule has 4 nitrogen and oxygen atoms in total. The van der Waals surface area contributed by atoms with Crippen LogP contribution in [0.1, 0.15) is 5.56 Å². The Morgan fingerprint density at radius 3 is 2.67 bits per heavy atom. The van der Waals surface area contributed by atoms with Gasteiger partial charge in [0.1, 0.15) is 16.2 Å². The molecular formula is C21H17N3OS2. The molecule has 0 radical (unpaired) electrons. The number of nitrogens with zero attached hydrogens (tertiary/aromatic N) is 2. The Morgan fingerprint density at radius 1 is 1.07 bits per heavy atom. The fourth-order valence-electron chi connectivity index (χ4n) is 2.82. The third kappa shape index (κ3) is 3.86. The summed E-state index contributed by atoms with van der Waals surface area (Å²) in [6.45, 7) is 1.98. The molecule has 1 amide bonds. The molecular weight excluding hydrogens is 374 g/mol. The molecule has 27 heavy (non-hydrogen) atoms. The van der Waals surface area contributed by atoms with Crippen molar-refractivity contribution in [2.75, 3.05) is 11.1 Å². The van der Waals surface area contributed by atoms with Gasteiger partial charge in [-0.3, -0.25) is 4.79 Å². The number of amides is 1. The first kappa shape index (κ1) is 17.7. The van der Waals surface area contributed by atoms with Gasteiger partial charge in [0, 0.05) is 16.6 Å². The molecule has 0 bridgehead atoms. The van der Waals surface area contributed by atoms with Crippen molar-refractivity contribution in [3.63, 3.8) is 0 Å². The van der Waals surface area contributed by atoms with Crippen LogP contribution in [0.4, 0.5) is 5.69 Å². The normalized spacial score (nSPS) is 10.9. The number of carbonyl (C=O) groups excluding carboxylic acids is 1. The third-order valence-corrected chi connectivity index (χ3v) is 6.06. The van der Waals surface area contributed by atoms with E-state index in [4.69, 9.17) is 0 Å². The van der Waals surface area contributed by atoms with Gasteiger partial charge in [-0.1, -0.05) is 60.3 Å². The Bertz CT molecular complexity index is 1090. The molecule has 4 aromatic rings. The molecule has 2 aromatic carbocycles. The zero-order valence-corrected chi connectivity index (χ0v) is 16.3. The van der Waals surface area contributed by atoms with E-state index >= 15 is 0 Å². The second-order valence-corrected chi connectivity index (χ2v) is 7.85. The first-order valence-electron chi connectivity index (χ1n) is 8.48. The molecule has 4 rings (SSSR count). The van der Waals surface area contributed by atoms with Gasteiger partial charge in [-0.2, -0.15) is 0 Å². The van der Waals surface area contributed by atoms with Crippen molar-refractivity contribution in [2.24, 2.45) is 0 Å². The zero-order valence-electron chi connectivity index (χ0n) is 14.7. The lowest BCUT2D eigenvalue weighted by Crippen LogP contribution is -2.14. The van der Waals surface area contributed by atoms with Gasteiger partial charge in [-0.15, -0.1) is 11.3 Å². The average molecular weight is 392 g/mol. The van der Waals surface area contributed by atoms with E-state index in [1.165, 1.54) is 11.8 Å². The first-order chi connectivity index (χ1) is 13.2. The molecule has 0 saturated heterocycles. The predicted octanol–water partition coefficient (Wildman–Crippen LogP) is 5.40. The molecule has 0 aliphatic carbocycles. The summed E-state index contributed by atoms with van der Waals surface area (Å²) in [5.74, 6) is 0.252. The number of para-hydroxylation sites is 1. The Hall–Kier alpha value is -2.70. The lowest BCUT2D eigenvalue weighted by atomic mass is 10.1. The van der Waals surface area contributed by atoms with Crippen LogP contribution in [0.3, 0.4) is 0 Å². The Labute approximate surface area is 165 Å². The van der Waals surface area contributed by atoms with Crippen molar-refractivity contribution in [3.05, 3.63) is 71.9 Å². The predicted molar refractivity (Wildman–Crippen MR) is 113 cm³/mol. The second kappa shape index (κ2) is 7.90. The van der Waals surface area contributed by atoms with Crippen LogP contribution in [0, 0.1) is 6.92 Å². The molecule has 0 fully saturated rings. The Morgan fingerprint density at radius 2 is 1.85 bits per heavy atom. The topological polar surface area (TPSA) is 54.9 Å². The summed E-state index contributed by atoms with van der Waals surface area (Å²) in [5, 5.41) is 6.92. The highest BCUT2D eigenvalue weighted by Gasteiger charge is 2.15. The Balaban J connectivity index is 1.56. The summed E-state index contributed by atoms with van der Waals surface area (Å²) in [5.41, 5.74) is 4.13.